The number of hydroxylamine groups is 2. The van der Waals surface area contributed by atoms with Crippen LogP contribution in [0, 0.1) is 0 Å². The number of rotatable bonds is 11. The predicted molar refractivity (Wildman–Crippen MR) is 258 cm³/mol. The minimum atomic E-state index is -0.380. The SMILES string of the molecule is CC(C)(C)c1ccc(N2[C@@H](c3ccc4nc([C@@H]5CCCN5OCC5(c6ccccc6)CC5)[nH]c4c3)CC[C@@H]2c2ccc3nc([C@@H]4CCCN4C(=O)C4(c5ccccc5)CC4)[nH]c3c2)cc1. The highest BCUT2D eigenvalue weighted by atomic mass is 16.7. The second-order valence-corrected chi connectivity index (χ2v) is 20.9. The molecule has 9 nitrogen and oxygen atoms in total. The number of benzene rings is 5. The zero-order valence-corrected chi connectivity index (χ0v) is 38.1. The Labute approximate surface area is 382 Å². The summed E-state index contributed by atoms with van der Waals surface area (Å²) in [5, 5.41) is 2.20. The van der Waals surface area contributed by atoms with Crippen LogP contribution in [0.5, 0.6) is 0 Å². The number of imidazole rings is 2. The smallest absolute Gasteiger partial charge is 0.233 e. The van der Waals surface area contributed by atoms with Crippen LogP contribution in [0.4, 0.5) is 5.69 Å². The number of aromatic nitrogens is 4. The van der Waals surface area contributed by atoms with Gasteiger partial charge in [-0.25, -0.2) is 9.97 Å². The maximum atomic E-state index is 14.3. The number of H-pyrrole nitrogens is 2. The molecule has 0 bridgehead atoms. The number of nitrogens with zero attached hydrogens (tertiary/aromatic N) is 5. The van der Waals surface area contributed by atoms with Gasteiger partial charge in [-0.1, -0.05) is 106 Å². The van der Waals surface area contributed by atoms with Crippen molar-refractivity contribution in [3.63, 3.8) is 0 Å². The molecule has 2 aromatic heterocycles. The van der Waals surface area contributed by atoms with E-state index in [9.17, 15) is 4.79 Å². The normalized spacial score (nSPS) is 23.8. The van der Waals surface area contributed by atoms with E-state index in [0.717, 1.165) is 110 Å². The average molecular weight is 864 g/mol. The molecule has 12 rings (SSSR count). The fourth-order valence-electron chi connectivity index (χ4n) is 11.7. The van der Waals surface area contributed by atoms with Gasteiger partial charge in [0.25, 0.3) is 0 Å². The minimum absolute atomic E-state index is 0.0371. The molecule has 5 fully saturated rings. The molecule has 3 aliphatic heterocycles. The molecule has 5 aromatic carbocycles. The van der Waals surface area contributed by atoms with E-state index in [0.29, 0.717) is 0 Å². The lowest BCUT2D eigenvalue weighted by Gasteiger charge is -2.34. The summed E-state index contributed by atoms with van der Waals surface area (Å²) in [7, 11) is 0. The number of carbonyl (C=O) groups excluding carboxylic acids is 1. The molecule has 9 heteroatoms. The molecule has 1 amide bonds. The van der Waals surface area contributed by atoms with Gasteiger partial charge in [-0.15, -0.1) is 0 Å². The molecule has 0 radical (unpaired) electrons. The van der Waals surface area contributed by atoms with Crippen molar-refractivity contribution in [1.82, 2.24) is 29.9 Å². The Morgan fingerprint density at radius 3 is 1.80 bits per heavy atom. The fourth-order valence-corrected chi connectivity index (χ4v) is 11.7. The van der Waals surface area contributed by atoms with Crippen LogP contribution in [0.3, 0.4) is 0 Å². The second-order valence-electron chi connectivity index (χ2n) is 20.9. The molecule has 65 heavy (non-hydrogen) atoms. The monoisotopic (exact) mass is 863 g/mol. The van der Waals surface area contributed by atoms with Crippen molar-refractivity contribution in [3.05, 3.63) is 161 Å². The third-order valence-electron chi connectivity index (χ3n) is 15.8. The number of likely N-dealkylation sites (tertiary alicyclic amines) is 1. The average Bonchev–Trinajstić information content (AvgIpc) is 3.82. The molecule has 2 aliphatic carbocycles. The number of fused-ring (bicyclic) bond motifs is 2. The van der Waals surface area contributed by atoms with Gasteiger partial charge in [-0.2, -0.15) is 5.06 Å². The maximum Gasteiger partial charge on any atom is 0.233 e. The van der Waals surface area contributed by atoms with Crippen molar-refractivity contribution in [1.29, 1.82) is 0 Å². The lowest BCUT2D eigenvalue weighted by Crippen LogP contribution is -2.39. The Bertz CT molecular complexity index is 2850. The second kappa shape index (κ2) is 15.7. The molecular weight excluding hydrogens is 803 g/mol. The summed E-state index contributed by atoms with van der Waals surface area (Å²) in [4.78, 5) is 43.6. The topological polar surface area (TPSA) is 93.4 Å². The Morgan fingerprint density at radius 1 is 0.646 bits per heavy atom. The third kappa shape index (κ3) is 7.26. The molecule has 2 saturated carbocycles. The molecule has 7 aromatic rings. The Morgan fingerprint density at radius 2 is 1.22 bits per heavy atom. The standard InChI is InChI=1S/C56H61N7O2/c1-54(2,3)39-20-22-42(23-21-39)63-47(37-18-24-43-45(34-37)59-51(57-43)49-16-10-32-61(49)53(64)56(30-31-56)41-14-8-5-9-15-41)26-27-48(63)38-19-25-44-46(35-38)60-52(58-44)50-17-11-33-62(50)65-36-55(28-29-55)40-12-6-4-7-13-40/h4-9,12-15,18-25,34-35,47-50H,10-11,16-17,26-33,36H2,1-3H3,(H,57,59)(H,58,60)/t47-,48-,49+,50+/m1/s1. The molecule has 5 aliphatic rings. The zero-order valence-electron chi connectivity index (χ0n) is 38.1. The quantitative estimate of drug-likeness (QED) is 0.135. The summed E-state index contributed by atoms with van der Waals surface area (Å²) in [6.07, 6.45) is 10.3. The van der Waals surface area contributed by atoms with Gasteiger partial charge in [-0.05, 0) is 134 Å². The summed E-state index contributed by atoms with van der Waals surface area (Å²) in [6, 6.07) is 44.7. The highest BCUT2D eigenvalue weighted by Gasteiger charge is 2.55. The number of nitrogens with one attached hydrogen (secondary N) is 2. The van der Waals surface area contributed by atoms with Crippen LogP contribution in [0.1, 0.15) is 149 Å². The van der Waals surface area contributed by atoms with Gasteiger partial charge in [0.05, 0.1) is 58.3 Å². The van der Waals surface area contributed by atoms with Crippen molar-refractivity contribution in [2.24, 2.45) is 0 Å². The fraction of sp³-hybridized carbons (Fsp3) is 0.411. The van der Waals surface area contributed by atoms with Crippen LogP contribution in [0.2, 0.25) is 0 Å². The van der Waals surface area contributed by atoms with Gasteiger partial charge in [0, 0.05) is 24.2 Å². The van der Waals surface area contributed by atoms with Crippen molar-refractivity contribution in [2.45, 2.75) is 125 Å². The summed E-state index contributed by atoms with van der Waals surface area (Å²) >= 11 is 0. The van der Waals surface area contributed by atoms with Crippen LogP contribution >= 0.6 is 0 Å². The zero-order chi connectivity index (χ0) is 43.9. The first-order chi connectivity index (χ1) is 31.7. The summed E-state index contributed by atoms with van der Waals surface area (Å²) in [5.74, 6) is 2.17. The predicted octanol–water partition coefficient (Wildman–Crippen LogP) is 12.0. The third-order valence-corrected chi connectivity index (χ3v) is 15.8. The lowest BCUT2D eigenvalue weighted by molar-refractivity contribution is -0.178. The van der Waals surface area contributed by atoms with Crippen LogP contribution in [-0.2, 0) is 25.9 Å². The van der Waals surface area contributed by atoms with Crippen molar-refractivity contribution in [2.75, 3.05) is 24.6 Å². The molecule has 0 spiro atoms. The Balaban J connectivity index is 0.819. The van der Waals surface area contributed by atoms with Gasteiger partial charge in [0.2, 0.25) is 5.91 Å². The van der Waals surface area contributed by atoms with Gasteiger partial charge >= 0.3 is 0 Å². The largest absolute Gasteiger partial charge is 0.357 e. The van der Waals surface area contributed by atoms with Gasteiger partial charge in [0.1, 0.15) is 11.6 Å². The molecule has 5 heterocycles. The van der Waals surface area contributed by atoms with E-state index in [-0.39, 0.29) is 46.3 Å². The highest BCUT2D eigenvalue weighted by molar-refractivity contribution is 5.92. The highest BCUT2D eigenvalue weighted by Crippen LogP contribution is 2.53. The maximum absolute atomic E-state index is 14.3. The molecule has 3 saturated heterocycles. The number of anilines is 1. The van der Waals surface area contributed by atoms with E-state index >= 15 is 0 Å². The number of hydrogen-bond acceptors (Lipinski definition) is 6. The number of amides is 1. The van der Waals surface area contributed by atoms with Gasteiger partial charge in [-0.3, -0.25) is 9.63 Å². The first kappa shape index (κ1) is 40.7. The summed E-state index contributed by atoms with van der Waals surface area (Å²) < 4.78 is 0. The van der Waals surface area contributed by atoms with E-state index in [4.69, 9.17) is 14.8 Å². The molecule has 332 valence electrons. The van der Waals surface area contributed by atoms with Crippen LogP contribution in [0.15, 0.2) is 121 Å². The molecule has 2 N–H and O–H groups in total. The van der Waals surface area contributed by atoms with Crippen molar-refractivity contribution in [3.8, 4) is 0 Å². The number of carbonyl (C=O) groups is 1. The number of hydrogen-bond donors (Lipinski definition) is 2. The van der Waals surface area contributed by atoms with E-state index in [1.807, 2.05) is 6.07 Å². The van der Waals surface area contributed by atoms with Crippen LogP contribution in [0.25, 0.3) is 22.1 Å². The lowest BCUT2D eigenvalue weighted by atomic mass is 9.87. The van der Waals surface area contributed by atoms with Crippen molar-refractivity contribution >= 4 is 33.7 Å². The molecular formula is C56H61N7O2. The number of aromatic amines is 2. The van der Waals surface area contributed by atoms with Gasteiger partial charge in [0.15, 0.2) is 0 Å². The Hall–Kier alpha value is -5.77. The summed E-state index contributed by atoms with van der Waals surface area (Å²) in [6.45, 7) is 9.27. The first-order valence-electron chi connectivity index (χ1n) is 24.4. The molecule has 0 unspecified atom stereocenters. The van der Waals surface area contributed by atoms with Crippen LogP contribution in [-0.4, -0.2) is 55.5 Å². The van der Waals surface area contributed by atoms with Crippen molar-refractivity contribution < 1.29 is 9.63 Å². The minimum Gasteiger partial charge on any atom is -0.357 e. The van der Waals surface area contributed by atoms with E-state index in [2.05, 4.69) is 161 Å². The molecule has 4 atom stereocenters. The van der Waals surface area contributed by atoms with E-state index in [1.54, 1.807) is 0 Å². The van der Waals surface area contributed by atoms with E-state index < -0.39 is 0 Å². The summed E-state index contributed by atoms with van der Waals surface area (Å²) in [5.41, 5.74) is 11.6. The van der Waals surface area contributed by atoms with Gasteiger partial charge < -0.3 is 19.8 Å². The van der Waals surface area contributed by atoms with Crippen LogP contribution < -0.4 is 4.90 Å². The Kier molecular flexibility index (Phi) is 9.83. The first-order valence-corrected chi connectivity index (χ1v) is 24.4. The van der Waals surface area contributed by atoms with E-state index in [1.165, 1.54) is 40.8 Å².